The van der Waals surface area contributed by atoms with Crippen molar-refractivity contribution < 1.29 is 31.1 Å². The Labute approximate surface area is 126 Å². The minimum absolute atomic E-state index is 0.287. The first-order valence-corrected chi connectivity index (χ1v) is 8.16. The van der Waals surface area contributed by atoms with Crippen LogP contribution in [0.3, 0.4) is 0 Å². The predicted molar refractivity (Wildman–Crippen MR) is 71.9 cm³/mol. The second-order valence-electron chi connectivity index (χ2n) is 4.96. The van der Waals surface area contributed by atoms with Crippen molar-refractivity contribution >= 4 is 10.0 Å². The second-order valence-corrected chi connectivity index (χ2v) is 6.64. The fourth-order valence-electron chi connectivity index (χ4n) is 2.26. The van der Waals surface area contributed by atoms with Crippen molar-refractivity contribution in [3.8, 4) is 5.75 Å². The minimum Gasteiger partial charge on any atom is -0.404 e. The zero-order valence-corrected chi connectivity index (χ0v) is 12.6. The Balaban J connectivity index is 2.21. The van der Waals surface area contributed by atoms with Gasteiger partial charge in [0.2, 0.25) is 10.0 Å². The number of hydrogen-bond donors (Lipinski definition) is 1. The first kappa shape index (κ1) is 17.0. The summed E-state index contributed by atoms with van der Waals surface area (Å²) in [6, 6.07) is 4.06. The summed E-state index contributed by atoms with van der Waals surface area (Å²) in [6.07, 6.45) is -3.73. The summed E-state index contributed by atoms with van der Waals surface area (Å²) in [5, 5.41) is 0. The van der Waals surface area contributed by atoms with Crippen LogP contribution in [-0.2, 0) is 14.8 Å². The van der Waals surface area contributed by atoms with Crippen LogP contribution in [0.5, 0.6) is 5.75 Å². The average Bonchev–Trinajstić information content (AvgIpc) is 2.90. The van der Waals surface area contributed by atoms with E-state index in [0.717, 1.165) is 18.6 Å². The maximum absolute atomic E-state index is 12.4. The van der Waals surface area contributed by atoms with Gasteiger partial charge in [0, 0.05) is 12.6 Å². The van der Waals surface area contributed by atoms with E-state index in [0.29, 0.717) is 13.0 Å². The first-order chi connectivity index (χ1) is 10.2. The van der Waals surface area contributed by atoms with Gasteiger partial charge in [0.15, 0.2) is 0 Å². The predicted octanol–water partition coefficient (Wildman–Crippen LogP) is 2.43. The molecule has 1 saturated heterocycles. The van der Waals surface area contributed by atoms with Gasteiger partial charge in [0.05, 0.1) is 6.10 Å². The molecule has 22 heavy (non-hydrogen) atoms. The SMILES string of the molecule is CC(NS(=O)(=O)c1ccccc1OC(F)(F)F)C1CCCO1. The number of hydrogen-bond acceptors (Lipinski definition) is 4. The minimum atomic E-state index is -4.97. The number of halogens is 3. The number of para-hydroxylation sites is 1. The molecule has 1 aliphatic rings. The summed E-state index contributed by atoms with van der Waals surface area (Å²) in [5.74, 6) is -0.762. The summed E-state index contributed by atoms with van der Waals surface area (Å²) < 4.78 is 73.2. The third-order valence-corrected chi connectivity index (χ3v) is 4.83. The molecule has 1 heterocycles. The molecule has 1 aliphatic heterocycles. The Morgan fingerprint density at radius 3 is 2.64 bits per heavy atom. The zero-order valence-electron chi connectivity index (χ0n) is 11.8. The first-order valence-electron chi connectivity index (χ1n) is 6.68. The van der Waals surface area contributed by atoms with E-state index < -0.39 is 33.1 Å². The van der Waals surface area contributed by atoms with Crippen LogP contribution in [0, 0.1) is 0 Å². The van der Waals surface area contributed by atoms with Gasteiger partial charge in [-0.25, -0.2) is 13.1 Å². The average molecular weight is 339 g/mol. The van der Waals surface area contributed by atoms with Crippen LogP contribution in [0.2, 0.25) is 0 Å². The number of sulfonamides is 1. The van der Waals surface area contributed by atoms with Crippen molar-refractivity contribution in [3.63, 3.8) is 0 Å². The van der Waals surface area contributed by atoms with Gasteiger partial charge >= 0.3 is 6.36 Å². The molecule has 2 rings (SSSR count). The van der Waals surface area contributed by atoms with E-state index in [1.807, 2.05) is 0 Å². The largest absolute Gasteiger partial charge is 0.573 e. The number of alkyl halides is 3. The van der Waals surface area contributed by atoms with Crippen molar-refractivity contribution in [3.05, 3.63) is 24.3 Å². The fourth-order valence-corrected chi connectivity index (χ4v) is 3.66. The van der Waals surface area contributed by atoms with E-state index in [4.69, 9.17) is 4.74 Å². The van der Waals surface area contributed by atoms with Crippen LogP contribution in [0.25, 0.3) is 0 Å². The molecule has 0 aliphatic carbocycles. The lowest BCUT2D eigenvalue weighted by atomic mass is 10.1. The van der Waals surface area contributed by atoms with Crippen molar-refractivity contribution in [2.75, 3.05) is 6.61 Å². The van der Waals surface area contributed by atoms with Crippen LogP contribution in [0.15, 0.2) is 29.2 Å². The van der Waals surface area contributed by atoms with Crippen molar-refractivity contribution in [1.29, 1.82) is 0 Å². The standard InChI is InChI=1S/C13H16F3NO4S/c1-9(10-6-4-8-20-10)17-22(18,19)12-7-3-2-5-11(12)21-13(14,15)16/h2-3,5,7,9-10,17H,4,6,8H2,1H3. The smallest absolute Gasteiger partial charge is 0.404 e. The van der Waals surface area contributed by atoms with E-state index in [2.05, 4.69) is 9.46 Å². The Morgan fingerprint density at radius 1 is 1.36 bits per heavy atom. The molecule has 0 amide bonds. The summed E-state index contributed by atoms with van der Waals surface area (Å²) >= 11 is 0. The molecule has 9 heteroatoms. The third kappa shape index (κ3) is 4.34. The molecular weight excluding hydrogens is 323 g/mol. The van der Waals surface area contributed by atoms with Crippen molar-refractivity contribution in [2.45, 2.75) is 43.2 Å². The van der Waals surface area contributed by atoms with Gasteiger partial charge in [0.25, 0.3) is 0 Å². The van der Waals surface area contributed by atoms with Gasteiger partial charge in [-0.15, -0.1) is 13.2 Å². The van der Waals surface area contributed by atoms with Gasteiger partial charge in [-0.3, -0.25) is 0 Å². The number of benzene rings is 1. The molecule has 0 aromatic heterocycles. The fraction of sp³-hybridized carbons (Fsp3) is 0.538. The summed E-state index contributed by atoms with van der Waals surface area (Å²) in [5.41, 5.74) is 0. The lowest BCUT2D eigenvalue weighted by Gasteiger charge is -2.21. The molecule has 0 saturated carbocycles. The molecule has 5 nitrogen and oxygen atoms in total. The number of nitrogens with one attached hydrogen (secondary N) is 1. The monoisotopic (exact) mass is 339 g/mol. The van der Waals surface area contributed by atoms with Crippen LogP contribution < -0.4 is 9.46 Å². The molecule has 0 bridgehead atoms. The quantitative estimate of drug-likeness (QED) is 0.895. The van der Waals surface area contributed by atoms with E-state index in [9.17, 15) is 21.6 Å². The van der Waals surface area contributed by atoms with Gasteiger partial charge in [-0.2, -0.15) is 0 Å². The lowest BCUT2D eigenvalue weighted by molar-refractivity contribution is -0.275. The Hall–Kier alpha value is -1.32. The van der Waals surface area contributed by atoms with Gasteiger partial charge in [-0.1, -0.05) is 12.1 Å². The van der Waals surface area contributed by atoms with E-state index in [1.54, 1.807) is 6.92 Å². The Bertz CT molecular complexity index is 612. The van der Waals surface area contributed by atoms with Crippen LogP contribution in [0.1, 0.15) is 19.8 Å². The highest BCUT2D eigenvalue weighted by Gasteiger charge is 2.35. The maximum atomic E-state index is 12.4. The summed E-state index contributed by atoms with van der Waals surface area (Å²) in [6.45, 7) is 2.16. The van der Waals surface area contributed by atoms with Gasteiger partial charge < -0.3 is 9.47 Å². The molecule has 0 spiro atoms. The highest BCUT2D eigenvalue weighted by atomic mass is 32.2. The molecule has 2 unspecified atom stereocenters. The zero-order chi connectivity index (χ0) is 16.4. The summed E-state index contributed by atoms with van der Waals surface area (Å²) in [4.78, 5) is -0.558. The van der Waals surface area contributed by atoms with Gasteiger partial charge in [-0.05, 0) is 31.9 Å². The van der Waals surface area contributed by atoms with E-state index in [1.165, 1.54) is 12.1 Å². The van der Waals surface area contributed by atoms with Crippen molar-refractivity contribution in [2.24, 2.45) is 0 Å². The van der Waals surface area contributed by atoms with E-state index in [-0.39, 0.29) is 6.10 Å². The maximum Gasteiger partial charge on any atom is 0.573 e. The molecule has 2 atom stereocenters. The molecule has 0 radical (unpaired) electrons. The normalized spacial score (nSPS) is 20.8. The van der Waals surface area contributed by atoms with E-state index >= 15 is 0 Å². The summed E-state index contributed by atoms with van der Waals surface area (Å²) in [7, 11) is -4.15. The molecule has 1 N–H and O–H groups in total. The lowest BCUT2D eigenvalue weighted by Crippen LogP contribution is -2.41. The highest BCUT2D eigenvalue weighted by Crippen LogP contribution is 2.29. The second kappa shape index (κ2) is 6.43. The number of ether oxygens (including phenoxy) is 2. The van der Waals surface area contributed by atoms with Crippen LogP contribution >= 0.6 is 0 Å². The molecule has 1 aromatic rings. The third-order valence-electron chi connectivity index (χ3n) is 3.23. The molecule has 124 valence electrons. The number of rotatable bonds is 5. The van der Waals surface area contributed by atoms with Crippen LogP contribution in [-0.4, -0.2) is 33.5 Å². The highest BCUT2D eigenvalue weighted by molar-refractivity contribution is 7.89. The van der Waals surface area contributed by atoms with Crippen molar-refractivity contribution in [1.82, 2.24) is 4.72 Å². The molecular formula is C13H16F3NO4S. The molecule has 1 fully saturated rings. The Morgan fingerprint density at radius 2 is 2.05 bits per heavy atom. The molecule has 1 aromatic carbocycles. The van der Waals surface area contributed by atoms with Gasteiger partial charge in [0.1, 0.15) is 10.6 Å². The topological polar surface area (TPSA) is 64.6 Å². The Kier molecular flexibility index (Phi) is 4.98. The van der Waals surface area contributed by atoms with Crippen LogP contribution in [0.4, 0.5) is 13.2 Å².